The average molecular weight is 612 g/mol. The molecule has 0 aliphatic carbocycles. The Balaban J connectivity index is 1.47. The topological polar surface area (TPSA) is 94.2 Å². The van der Waals surface area contributed by atoms with Gasteiger partial charge < -0.3 is 19.5 Å². The number of thioether (sulfide) groups is 1. The van der Waals surface area contributed by atoms with Crippen LogP contribution in [-0.2, 0) is 16.2 Å². The van der Waals surface area contributed by atoms with Crippen LogP contribution in [0.25, 0.3) is 6.08 Å². The first-order valence-corrected chi connectivity index (χ1v) is 13.7. The molecule has 3 aromatic rings. The van der Waals surface area contributed by atoms with Crippen molar-refractivity contribution in [2.24, 2.45) is 0 Å². The lowest BCUT2D eigenvalue weighted by Gasteiger charge is -2.15. The molecule has 202 valence electrons. The summed E-state index contributed by atoms with van der Waals surface area (Å²) in [7, 11) is 1.55. The third-order valence-corrected chi connectivity index (χ3v) is 7.14. The predicted molar refractivity (Wildman–Crippen MR) is 155 cm³/mol. The van der Waals surface area contributed by atoms with Crippen LogP contribution in [0.1, 0.15) is 23.6 Å². The van der Waals surface area contributed by atoms with Crippen LogP contribution in [0, 0.1) is 6.92 Å². The zero-order valence-corrected chi connectivity index (χ0v) is 24.1. The second kappa shape index (κ2) is 12.9. The number of aryl methyl sites for hydroxylation is 1. The molecule has 0 aromatic heterocycles. The summed E-state index contributed by atoms with van der Waals surface area (Å²) in [5, 5.41) is 2.17. The lowest BCUT2D eigenvalue weighted by atomic mass is 10.1. The van der Waals surface area contributed by atoms with Crippen molar-refractivity contribution in [3.63, 3.8) is 0 Å². The van der Waals surface area contributed by atoms with Gasteiger partial charge in [-0.25, -0.2) is 0 Å². The van der Waals surface area contributed by atoms with E-state index in [0.29, 0.717) is 46.2 Å². The van der Waals surface area contributed by atoms with E-state index in [2.05, 4.69) is 27.3 Å². The fourth-order valence-corrected chi connectivity index (χ4v) is 5.25. The number of carbonyl (C=O) groups is 3. The average Bonchev–Trinajstić information content (AvgIpc) is 3.16. The number of benzene rings is 3. The number of halogens is 1. The standard InChI is InChI=1S/C29H27BrN2O6S/c1-4-37-24-14-20(13-23(30)27(24)38-17-19-7-5-6-18(2)12-19)15-25-28(34)32(29(35)39-25)16-26(33)31-21-8-10-22(36-3)11-9-21/h5-15H,4,16-17H2,1-3H3,(H,31,33)/b25-15+. The zero-order valence-electron chi connectivity index (χ0n) is 21.7. The van der Waals surface area contributed by atoms with Crippen LogP contribution in [0.5, 0.6) is 17.2 Å². The Kier molecular flexibility index (Phi) is 9.32. The second-order valence-corrected chi connectivity index (χ2v) is 10.4. The molecule has 1 aliphatic heterocycles. The van der Waals surface area contributed by atoms with E-state index in [-0.39, 0.29) is 4.91 Å². The zero-order chi connectivity index (χ0) is 27.9. The lowest BCUT2D eigenvalue weighted by Crippen LogP contribution is -2.36. The van der Waals surface area contributed by atoms with Crippen molar-refractivity contribution in [2.75, 3.05) is 25.6 Å². The molecule has 8 nitrogen and oxygen atoms in total. The first-order valence-electron chi connectivity index (χ1n) is 12.1. The van der Waals surface area contributed by atoms with E-state index in [4.69, 9.17) is 14.2 Å². The minimum atomic E-state index is -0.538. The highest BCUT2D eigenvalue weighted by molar-refractivity contribution is 9.10. The van der Waals surface area contributed by atoms with Crippen molar-refractivity contribution >= 4 is 56.5 Å². The number of hydrogen-bond donors (Lipinski definition) is 1. The summed E-state index contributed by atoms with van der Waals surface area (Å²) in [4.78, 5) is 39.2. The van der Waals surface area contributed by atoms with E-state index >= 15 is 0 Å². The molecule has 3 amide bonds. The van der Waals surface area contributed by atoms with Gasteiger partial charge in [0.05, 0.1) is 23.1 Å². The number of nitrogens with zero attached hydrogens (tertiary/aromatic N) is 1. The molecule has 1 heterocycles. The molecule has 1 aliphatic rings. The number of rotatable bonds is 10. The van der Waals surface area contributed by atoms with Gasteiger partial charge in [-0.15, -0.1) is 0 Å². The maximum absolute atomic E-state index is 13.0. The van der Waals surface area contributed by atoms with Gasteiger partial charge >= 0.3 is 0 Å². The molecule has 10 heteroatoms. The lowest BCUT2D eigenvalue weighted by molar-refractivity contribution is -0.127. The number of methoxy groups -OCH3 is 1. The third-order valence-electron chi connectivity index (χ3n) is 5.64. The van der Waals surface area contributed by atoms with Gasteiger partial charge in [-0.1, -0.05) is 29.8 Å². The summed E-state index contributed by atoms with van der Waals surface area (Å²) in [6.45, 7) is 4.27. The smallest absolute Gasteiger partial charge is 0.294 e. The van der Waals surface area contributed by atoms with Crippen LogP contribution in [-0.4, -0.2) is 42.2 Å². The van der Waals surface area contributed by atoms with E-state index in [0.717, 1.165) is 27.8 Å². The molecule has 0 spiro atoms. The van der Waals surface area contributed by atoms with E-state index in [9.17, 15) is 14.4 Å². The Hall–Kier alpha value is -3.76. The molecule has 1 N–H and O–H groups in total. The molecule has 1 fully saturated rings. The number of anilines is 1. The first kappa shape index (κ1) is 28.3. The molecule has 1 saturated heterocycles. The summed E-state index contributed by atoms with van der Waals surface area (Å²) in [5.41, 5.74) is 3.34. The molecular weight excluding hydrogens is 584 g/mol. The minimum absolute atomic E-state index is 0.208. The molecule has 4 rings (SSSR count). The molecule has 0 saturated carbocycles. The number of ether oxygens (including phenoxy) is 3. The summed E-state index contributed by atoms with van der Waals surface area (Å²) >= 11 is 4.34. The van der Waals surface area contributed by atoms with Gasteiger partial charge in [0.2, 0.25) is 5.91 Å². The normalized spacial score (nSPS) is 14.1. The maximum Gasteiger partial charge on any atom is 0.294 e. The monoisotopic (exact) mass is 610 g/mol. The van der Waals surface area contributed by atoms with Gasteiger partial charge in [0.25, 0.3) is 11.1 Å². The first-order chi connectivity index (χ1) is 18.8. The van der Waals surface area contributed by atoms with Crippen molar-refractivity contribution in [2.45, 2.75) is 20.5 Å². The molecular formula is C29H27BrN2O6S. The maximum atomic E-state index is 13.0. The quantitative estimate of drug-likeness (QED) is 0.265. The molecule has 0 radical (unpaired) electrons. The molecule has 3 aromatic carbocycles. The van der Waals surface area contributed by atoms with Gasteiger partial charge in [-0.2, -0.15) is 0 Å². The molecule has 39 heavy (non-hydrogen) atoms. The van der Waals surface area contributed by atoms with Gasteiger partial charge in [-0.3, -0.25) is 19.3 Å². The minimum Gasteiger partial charge on any atom is -0.497 e. The Morgan fingerprint density at radius 1 is 1.08 bits per heavy atom. The molecule has 0 bridgehead atoms. The summed E-state index contributed by atoms with van der Waals surface area (Å²) in [6.07, 6.45) is 1.60. The Morgan fingerprint density at radius 2 is 1.85 bits per heavy atom. The largest absolute Gasteiger partial charge is 0.497 e. The predicted octanol–water partition coefficient (Wildman–Crippen LogP) is 6.42. The van der Waals surface area contributed by atoms with Gasteiger partial charge in [0.15, 0.2) is 11.5 Å². The second-order valence-electron chi connectivity index (χ2n) is 8.59. The van der Waals surface area contributed by atoms with Crippen LogP contribution in [0.2, 0.25) is 0 Å². The van der Waals surface area contributed by atoms with Crippen LogP contribution < -0.4 is 19.5 Å². The van der Waals surface area contributed by atoms with Crippen LogP contribution in [0.15, 0.2) is 70.0 Å². The number of imide groups is 1. The summed E-state index contributed by atoms with van der Waals surface area (Å²) in [6, 6.07) is 18.3. The number of hydrogen-bond acceptors (Lipinski definition) is 7. The van der Waals surface area contributed by atoms with Crippen molar-refractivity contribution in [1.29, 1.82) is 0 Å². The van der Waals surface area contributed by atoms with Crippen molar-refractivity contribution in [3.05, 3.63) is 86.7 Å². The van der Waals surface area contributed by atoms with Crippen molar-refractivity contribution < 1.29 is 28.6 Å². The van der Waals surface area contributed by atoms with E-state index in [1.165, 1.54) is 0 Å². The molecule has 0 unspecified atom stereocenters. The van der Waals surface area contributed by atoms with E-state index in [1.54, 1.807) is 49.6 Å². The molecule has 0 atom stereocenters. The highest BCUT2D eigenvalue weighted by Gasteiger charge is 2.36. The van der Waals surface area contributed by atoms with Gasteiger partial charge in [0.1, 0.15) is 18.9 Å². The highest BCUT2D eigenvalue weighted by Crippen LogP contribution is 2.39. The fourth-order valence-electron chi connectivity index (χ4n) is 3.84. The number of carbonyl (C=O) groups excluding carboxylic acids is 3. The Labute approximate surface area is 239 Å². The van der Waals surface area contributed by atoms with E-state index in [1.807, 2.05) is 32.0 Å². The highest BCUT2D eigenvalue weighted by atomic mass is 79.9. The van der Waals surface area contributed by atoms with Crippen LogP contribution >= 0.6 is 27.7 Å². The van der Waals surface area contributed by atoms with E-state index < -0.39 is 23.6 Å². The van der Waals surface area contributed by atoms with Gasteiger partial charge in [0, 0.05) is 5.69 Å². The van der Waals surface area contributed by atoms with Gasteiger partial charge in [-0.05, 0) is 95.1 Å². The Bertz CT molecular complexity index is 1420. The van der Waals surface area contributed by atoms with Crippen LogP contribution in [0.3, 0.4) is 0 Å². The third kappa shape index (κ3) is 7.21. The Morgan fingerprint density at radius 3 is 2.54 bits per heavy atom. The summed E-state index contributed by atoms with van der Waals surface area (Å²) < 4.78 is 17.6. The number of amides is 3. The SMILES string of the molecule is CCOc1cc(/C=C2/SC(=O)N(CC(=O)Nc3ccc(OC)cc3)C2=O)cc(Br)c1OCc1cccc(C)c1. The van der Waals surface area contributed by atoms with Crippen molar-refractivity contribution in [1.82, 2.24) is 4.90 Å². The fraction of sp³-hybridized carbons (Fsp3) is 0.207. The number of nitrogens with one attached hydrogen (secondary N) is 1. The van der Waals surface area contributed by atoms with Crippen LogP contribution in [0.4, 0.5) is 10.5 Å². The van der Waals surface area contributed by atoms with Crippen molar-refractivity contribution in [3.8, 4) is 17.2 Å². The summed E-state index contributed by atoms with van der Waals surface area (Å²) in [5.74, 6) is 0.667.